The summed E-state index contributed by atoms with van der Waals surface area (Å²) < 4.78 is 40.1. The van der Waals surface area contributed by atoms with Crippen molar-refractivity contribution < 1.29 is 18.3 Å². The van der Waals surface area contributed by atoms with E-state index in [9.17, 15) is 18.3 Å². The molecule has 25 heavy (non-hydrogen) atoms. The van der Waals surface area contributed by atoms with Gasteiger partial charge in [-0.2, -0.15) is 18.3 Å². The van der Waals surface area contributed by atoms with E-state index in [0.29, 0.717) is 18.4 Å². The zero-order chi connectivity index (χ0) is 18.4. The van der Waals surface area contributed by atoms with Gasteiger partial charge in [0.15, 0.2) is 0 Å². The van der Waals surface area contributed by atoms with Gasteiger partial charge in [-0.1, -0.05) is 12.1 Å². The highest BCUT2D eigenvalue weighted by atomic mass is 19.4. The molecule has 1 aliphatic heterocycles. The molecule has 0 saturated carbocycles. The van der Waals surface area contributed by atoms with Crippen LogP contribution in [0.3, 0.4) is 0 Å². The summed E-state index contributed by atoms with van der Waals surface area (Å²) in [7, 11) is 1.85. The molecule has 1 unspecified atom stereocenters. The molecule has 1 saturated heterocycles. The lowest BCUT2D eigenvalue weighted by Gasteiger charge is -2.41. The van der Waals surface area contributed by atoms with Crippen molar-refractivity contribution in [2.75, 3.05) is 0 Å². The number of hydrogen-bond acceptors (Lipinski definition) is 3. The Morgan fingerprint density at radius 3 is 2.40 bits per heavy atom. The van der Waals surface area contributed by atoms with Gasteiger partial charge in [0.1, 0.15) is 0 Å². The maximum Gasteiger partial charge on any atom is 0.416 e. The lowest BCUT2D eigenvalue weighted by Crippen LogP contribution is -2.47. The second kappa shape index (κ2) is 6.14. The fourth-order valence-corrected chi connectivity index (χ4v) is 3.65. The first-order valence-electron chi connectivity index (χ1n) is 8.25. The first kappa shape index (κ1) is 17.9. The van der Waals surface area contributed by atoms with Crippen LogP contribution in [0.4, 0.5) is 13.2 Å². The molecular formula is C18H22F3N3O. The molecule has 136 valence electrons. The summed E-state index contributed by atoms with van der Waals surface area (Å²) in [4.78, 5) is 0. The van der Waals surface area contributed by atoms with Gasteiger partial charge >= 0.3 is 6.18 Å². The van der Waals surface area contributed by atoms with Crippen molar-refractivity contribution in [2.45, 2.75) is 50.6 Å². The van der Waals surface area contributed by atoms with Crippen molar-refractivity contribution in [3.63, 3.8) is 0 Å². The van der Waals surface area contributed by atoms with E-state index < -0.39 is 17.3 Å². The molecule has 1 aliphatic rings. The summed E-state index contributed by atoms with van der Waals surface area (Å²) in [6.07, 6.45) is -1.78. The Labute approximate surface area is 144 Å². The quantitative estimate of drug-likeness (QED) is 0.869. The number of alkyl halides is 3. The van der Waals surface area contributed by atoms with Gasteiger partial charge in [0, 0.05) is 30.4 Å². The number of halogens is 3. The summed E-state index contributed by atoms with van der Waals surface area (Å²) in [5.41, 5.74) is 0.629. The largest absolute Gasteiger partial charge is 0.416 e. The normalized spacial score (nSPS) is 27.5. The van der Waals surface area contributed by atoms with Gasteiger partial charge in [-0.15, -0.1) is 0 Å². The van der Waals surface area contributed by atoms with Crippen molar-refractivity contribution in [3.05, 3.63) is 52.8 Å². The molecule has 2 N–H and O–H groups in total. The summed E-state index contributed by atoms with van der Waals surface area (Å²) in [5.74, 6) is 0. The number of aromatic nitrogens is 2. The first-order chi connectivity index (χ1) is 11.6. The van der Waals surface area contributed by atoms with Crippen LogP contribution in [0.15, 0.2) is 30.5 Å². The third-order valence-corrected chi connectivity index (χ3v) is 5.07. The predicted octanol–water partition coefficient (Wildman–Crippen LogP) is 3.45. The fraction of sp³-hybridized carbons (Fsp3) is 0.500. The average Bonchev–Trinajstić information content (AvgIpc) is 2.85. The maximum absolute atomic E-state index is 12.8. The van der Waals surface area contributed by atoms with Gasteiger partial charge in [-0.25, -0.2) is 0 Å². The van der Waals surface area contributed by atoms with Gasteiger partial charge in [0.05, 0.1) is 17.4 Å². The summed E-state index contributed by atoms with van der Waals surface area (Å²) in [6, 6.07) is 4.74. The molecule has 0 aliphatic carbocycles. The second-order valence-electron chi connectivity index (χ2n) is 6.94. The van der Waals surface area contributed by atoms with Crippen LogP contribution in [0, 0.1) is 6.92 Å². The number of hydrogen-bond donors (Lipinski definition) is 2. The van der Waals surface area contributed by atoms with E-state index in [0.717, 1.165) is 23.4 Å². The van der Waals surface area contributed by atoms with E-state index in [2.05, 4.69) is 10.4 Å². The number of aryl methyl sites for hydroxylation is 1. The van der Waals surface area contributed by atoms with Crippen LogP contribution in [0.5, 0.6) is 0 Å². The van der Waals surface area contributed by atoms with E-state index in [1.54, 1.807) is 10.9 Å². The van der Waals surface area contributed by atoms with Gasteiger partial charge in [0.2, 0.25) is 0 Å². The number of nitrogens with one attached hydrogen (secondary N) is 1. The zero-order valence-electron chi connectivity index (χ0n) is 14.4. The molecule has 3 rings (SSSR count). The van der Waals surface area contributed by atoms with Crippen LogP contribution in [0.25, 0.3) is 0 Å². The third kappa shape index (κ3) is 3.43. The van der Waals surface area contributed by atoms with Crippen molar-refractivity contribution in [2.24, 2.45) is 7.05 Å². The Hall–Kier alpha value is -1.86. The second-order valence-corrected chi connectivity index (χ2v) is 6.94. The average molecular weight is 353 g/mol. The van der Waals surface area contributed by atoms with Crippen LogP contribution >= 0.6 is 0 Å². The predicted molar refractivity (Wildman–Crippen MR) is 87.9 cm³/mol. The topological polar surface area (TPSA) is 50.1 Å². The van der Waals surface area contributed by atoms with Crippen LogP contribution < -0.4 is 5.32 Å². The van der Waals surface area contributed by atoms with E-state index in [1.807, 2.05) is 20.9 Å². The molecule has 7 heteroatoms. The molecule has 2 heterocycles. The molecule has 0 bridgehead atoms. The molecule has 3 atom stereocenters. The number of nitrogens with zero attached hydrogens (tertiary/aromatic N) is 2. The van der Waals surface area contributed by atoms with Crippen LogP contribution in [-0.2, 0) is 18.8 Å². The van der Waals surface area contributed by atoms with Crippen molar-refractivity contribution >= 4 is 0 Å². The lowest BCUT2D eigenvalue weighted by atomic mass is 9.77. The van der Waals surface area contributed by atoms with Crippen molar-refractivity contribution in [3.8, 4) is 0 Å². The standard InChI is InChI=1S/C18H22F3N3O/c1-11-8-17(25,13-4-6-14(7-5-13)18(19,20)21)9-16(23-11)15-10-22-24(3)12(15)2/h4-7,10-11,16,23,25H,8-9H2,1-3H3/t11-,16-,17?/m0/s1. The highest BCUT2D eigenvalue weighted by Gasteiger charge is 2.40. The number of rotatable bonds is 2. The Bertz CT molecular complexity index is 754. The summed E-state index contributed by atoms with van der Waals surface area (Å²) >= 11 is 0. The summed E-state index contributed by atoms with van der Waals surface area (Å²) in [5, 5.41) is 18.9. The molecule has 1 fully saturated rings. The minimum Gasteiger partial charge on any atom is -0.385 e. The van der Waals surface area contributed by atoms with Crippen molar-refractivity contribution in [1.82, 2.24) is 15.1 Å². The van der Waals surface area contributed by atoms with E-state index >= 15 is 0 Å². The van der Waals surface area contributed by atoms with Gasteiger partial charge in [-0.05, 0) is 44.4 Å². The number of piperidine rings is 1. The molecular weight excluding hydrogens is 331 g/mol. The van der Waals surface area contributed by atoms with Gasteiger partial charge < -0.3 is 10.4 Å². The first-order valence-corrected chi connectivity index (χ1v) is 8.25. The Morgan fingerprint density at radius 2 is 1.88 bits per heavy atom. The third-order valence-electron chi connectivity index (χ3n) is 5.07. The number of aliphatic hydroxyl groups is 1. The maximum atomic E-state index is 12.8. The minimum atomic E-state index is -4.38. The Kier molecular flexibility index (Phi) is 4.41. The lowest BCUT2D eigenvalue weighted by molar-refractivity contribution is -0.137. The van der Waals surface area contributed by atoms with Gasteiger partial charge in [0.25, 0.3) is 0 Å². The fourth-order valence-electron chi connectivity index (χ4n) is 3.65. The molecule has 4 nitrogen and oxygen atoms in total. The van der Waals surface area contributed by atoms with Crippen LogP contribution in [0.2, 0.25) is 0 Å². The molecule has 0 amide bonds. The monoisotopic (exact) mass is 353 g/mol. The highest BCUT2D eigenvalue weighted by molar-refractivity contribution is 5.31. The molecule has 1 aromatic carbocycles. The molecule has 1 aromatic heterocycles. The van der Waals surface area contributed by atoms with Crippen LogP contribution in [-0.4, -0.2) is 20.9 Å². The highest BCUT2D eigenvalue weighted by Crippen LogP contribution is 2.41. The van der Waals surface area contributed by atoms with E-state index in [-0.39, 0.29) is 12.1 Å². The summed E-state index contributed by atoms with van der Waals surface area (Å²) in [6.45, 7) is 3.92. The SMILES string of the molecule is Cc1c([C@@H]2CC(O)(c3ccc(C(F)(F)F)cc3)C[C@H](C)N2)cnn1C. The zero-order valence-corrected chi connectivity index (χ0v) is 14.4. The smallest absolute Gasteiger partial charge is 0.385 e. The molecule has 0 radical (unpaired) electrons. The molecule has 0 spiro atoms. The van der Waals surface area contributed by atoms with Crippen LogP contribution in [0.1, 0.15) is 48.2 Å². The van der Waals surface area contributed by atoms with E-state index in [4.69, 9.17) is 0 Å². The Balaban J connectivity index is 1.90. The minimum absolute atomic E-state index is 0.0191. The van der Waals surface area contributed by atoms with Crippen molar-refractivity contribution in [1.29, 1.82) is 0 Å². The molecule has 2 aromatic rings. The Morgan fingerprint density at radius 1 is 1.24 bits per heavy atom. The van der Waals surface area contributed by atoms with Gasteiger partial charge in [-0.3, -0.25) is 4.68 Å². The number of benzene rings is 1. The van der Waals surface area contributed by atoms with E-state index in [1.165, 1.54) is 12.1 Å².